The molecule has 190 valence electrons. The summed E-state index contributed by atoms with van der Waals surface area (Å²) in [7, 11) is 1.54. The third-order valence-electron chi connectivity index (χ3n) is 5.93. The van der Waals surface area contributed by atoms with Gasteiger partial charge in [-0.3, -0.25) is 4.79 Å². The molecule has 0 saturated heterocycles. The number of aliphatic hydroxyl groups is 1. The molecule has 0 aliphatic rings. The van der Waals surface area contributed by atoms with Crippen LogP contribution in [0.1, 0.15) is 21.6 Å². The van der Waals surface area contributed by atoms with Crippen LogP contribution in [-0.4, -0.2) is 18.1 Å². The van der Waals surface area contributed by atoms with Crippen molar-refractivity contribution in [3.05, 3.63) is 114 Å². The lowest BCUT2D eigenvalue weighted by atomic mass is 10.1. The summed E-state index contributed by atoms with van der Waals surface area (Å²) in [6, 6.07) is 25.4. The summed E-state index contributed by atoms with van der Waals surface area (Å²) < 4.78 is 17.4. The van der Waals surface area contributed by atoms with Gasteiger partial charge in [-0.2, -0.15) is 0 Å². The normalized spacial score (nSPS) is 11.4. The van der Waals surface area contributed by atoms with Crippen LogP contribution >= 0.6 is 0 Å². The summed E-state index contributed by atoms with van der Waals surface area (Å²) in [6.45, 7) is 1.62. The van der Waals surface area contributed by atoms with Crippen LogP contribution < -0.4 is 25.3 Å². The number of pyridine rings is 1. The number of aromatic amines is 1. The molecule has 5 rings (SSSR count). The highest BCUT2D eigenvalue weighted by atomic mass is 16.5. The zero-order valence-electron chi connectivity index (χ0n) is 20.9. The van der Waals surface area contributed by atoms with Crippen molar-refractivity contribution in [3.63, 3.8) is 0 Å². The van der Waals surface area contributed by atoms with Crippen LogP contribution in [-0.2, 0) is 6.61 Å². The van der Waals surface area contributed by atoms with Crippen LogP contribution in [0, 0.1) is 6.92 Å². The topological polar surface area (TPSA) is 107 Å². The fourth-order valence-electron chi connectivity index (χ4n) is 3.98. The Morgan fingerprint density at radius 1 is 1.00 bits per heavy atom. The second kappa shape index (κ2) is 11.0. The quantitative estimate of drug-likeness (QED) is 0.309. The lowest BCUT2D eigenvalue weighted by molar-refractivity contribution is -0.386. The highest BCUT2D eigenvalue weighted by Crippen LogP contribution is 2.26. The summed E-state index contributed by atoms with van der Waals surface area (Å²) in [5.41, 5.74) is 3.22. The molecule has 0 fully saturated rings. The van der Waals surface area contributed by atoms with E-state index in [1.807, 2.05) is 43.3 Å². The Kier molecular flexibility index (Phi) is 7.15. The van der Waals surface area contributed by atoms with Crippen LogP contribution in [0.2, 0.25) is 0 Å². The molecular formula is C30H26N3O5+. The molecule has 5 aromatic rings. The summed E-state index contributed by atoms with van der Waals surface area (Å²) in [5.74, 6) is 1.46. The number of aryl methyl sites for hydroxylation is 1. The number of carbonyl (C=O) groups excluding carboxylic acids is 1. The summed E-state index contributed by atoms with van der Waals surface area (Å²) in [6.07, 6.45) is 1.69. The Labute approximate surface area is 218 Å². The van der Waals surface area contributed by atoms with Crippen LogP contribution in [0.4, 0.5) is 11.4 Å². The predicted octanol–water partition coefficient (Wildman–Crippen LogP) is 5.33. The van der Waals surface area contributed by atoms with Crippen molar-refractivity contribution < 1.29 is 28.8 Å². The van der Waals surface area contributed by atoms with Gasteiger partial charge in [-0.05, 0) is 54.6 Å². The lowest BCUT2D eigenvalue weighted by Gasteiger charge is -2.11. The standard InChI is InChI=1S/C30H25N3O5/c1-19-28-24(20(18-34)17-31-19)16-25(29(35)33-26-10-6-7-11-27(26)36-2)30(38-28)32-21-12-14-23(15-13-21)37-22-8-4-3-5-9-22/h3-17,34H,18H2,1-2H3,(H,33,35)/p+1. The molecule has 2 heterocycles. The maximum absolute atomic E-state index is 13.5. The number of H-pyrrole nitrogens is 1. The molecule has 38 heavy (non-hydrogen) atoms. The fraction of sp³-hybridized carbons (Fsp3) is 0.100. The number of benzene rings is 3. The summed E-state index contributed by atoms with van der Waals surface area (Å²) in [5, 5.41) is 13.4. The molecular weight excluding hydrogens is 482 g/mol. The molecule has 1 amide bonds. The van der Waals surface area contributed by atoms with Crippen molar-refractivity contribution in [2.75, 3.05) is 12.4 Å². The highest BCUT2D eigenvalue weighted by Gasteiger charge is 2.19. The van der Waals surface area contributed by atoms with E-state index in [1.165, 1.54) is 7.11 Å². The number of para-hydroxylation sites is 3. The largest absolute Gasteiger partial charge is 0.495 e. The highest BCUT2D eigenvalue weighted by molar-refractivity contribution is 6.06. The summed E-state index contributed by atoms with van der Waals surface area (Å²) in [4.78, 5) is 21.2. The van der Waals surface area contributed by atoms with Gasteiger partial charge in [0, 0.05) is 12.3 Å². The Hall–Kier alpha value is -4.95. The van der Waals surface area contributed by atoms with Gasteiger partial charge in [-0.15, -0.1) is 0 Å². The Morgan fingerprint density at radius 3 is 2.45 bits per heavy atom. The number of hydrogen-bond donors (Lipinski definition) is 2. The van der Waals surface area contributed by atoms with E-state index < -0.39 is 5.91 Å². The second-order valence-electron chi connectivity index (χ2n) is 8.48. The SMILES string of the molecule is COc1ccccc1NC(=O)c1cc2c(CO)c[nH+]c(C)c2oc1=Nc1ccc(Oc2ccccc2)cc1. The first kappa shape index (κ1) is 24.7. The number of nitrogens with zero attached hydrogens (tertiary/aromatic N) is 1. The molecule has 3 aromatic carbocycles. The zero-order valence-corrected chi connectivity index (χ0v) is 20.9. The molecule has 0 radical (unpaired) electrons. The number of nitrogens with one attached hydrogen (secondary N) is 2. The molecule has 0 aliphatic heterocycles. The minimum Gasteiger partial charge on any atom is -0.495 e. The van der Waals surface area contributed by atoms with Crippen LogP contribution in [0.25, 0.3) is 11.0 Å². The number of amides is 1. The first-order valence-corrected chi connectivity index (χ1v) is 12.0. The van der Waals surface area contributed by atoms with Gasteiger partial charge in [0.1, 0.15) is 22.8 Å². The molecule has 0 aliphatic carbocycles. The van der Waals surface area contributed by atoms with Gasteiger partial charge in [0.2, 0.25) is 16.8 Å². The minimum atomic E-state index is -0.433. The zero-order chi connectivity index (χ0) is 26.5. The maximum Gasteiger partial charge on any atom is 0.261 e. The van der Waals surface area contributed by atoms with Gasteiger partial charge in [0.05, 0.1) is 30.7 Å². The van der Waals surface area contributed by atoms with Gasteiger partial charge >= 0.3 is 0 Å². The van der Waals surface area contributed by atoms with Gasteiger partial charge in [0.25, 0.3) is 5.91 Å². The van der Waals surface area contributed by atoms with E-state index >= 15 is 0 Å². The van der Waals surface area contributed by atoms with E-state index in [2.05, 4.69) is 15.3 Å². The van der Waals surface area contributed by atoms with Crippen molar-refractivity contribution in [1.29, 1.82) is 0 Å². The first-order chi connectivity index (χ1) is 18.6. The van der Waals surface area contributed by atoms with E-state index in [-0.39, 0.29) is 17.7 Å². The van der Waals surface area contributed by atoms with E-state index in [0.29, 0.717) is 39.4 Å². The minimum absolute atomic E-state index is 0.119. The number of rotatable bonds is 7. The van der Waals surface area contributed by atoms with Gasteiger partial charge in [-0.25, -0.2) is 9.98 Å². The molecule has 3 N–H and O–H groups in total. The van der Waals surface area contributed by atoms with Crippen molar-refractivity contribution in [2.24, 2.45) is 4.99 Å². The number of hydrogen-bond acceptors (Lipinski definition) is 6. The van der Waals surface area contributed by atoms with Crippen LogP contribution in [0.15, 0.2) is 101 Å². The third-order valence-corrected chi connectivity index (χ3v) is 5.93. The van der Waals surface area contributed by atoms with E-state index in [1.54, 1.807) is 54.7 Å². The van der Waals surface area contributed by atoms with Crippen LogP contribution in [0.3, 0.4) is 0 Å². The summed E-state index contributed by atoms with van der Waals surface area (Å²) >= 11 is 0. The number of anilines is 1. The Bertz CT molecular complexity index is 1660. The molecule has 0 spiro atoms. The average molecular weight is 509 g/mol. The van der Waals surface area contributed by atoms with Crippen LogP contribution in [0.5, 0.6) is 17.2 Å². The van der Waals surface area contributed by atoms with E-state index in [9.17, 15) is 9.90 Å². The number of aromatic nitrogens is 1. The van der Waals surface area contributed by atoms with E-state index in [4.69, 9.17) is 13.9 Å². The second-order valence-corrected chi connectivity index (χ2v) is 8.48. The smallest absolute Gasteiger partial charge is 0.261 e. The van der Waals surface area contributed by atoms with Crippen molar-refractivity contribution in [1.82, 2.24) is 0 Å². The maximum atomic E-state index is 13.5. The number of ether oxygens (including phenoxy) is 2. The molecule has 2 aromatic heterocycles. The monoisotopic (exact) mass is 508 g/mol. The molecule has 0 saturated carbocycles. The molecule has 0 atom stereocenters. The third kappa shape index (κ3) is 5.25. The Balaban J connectivity index is 1.58. The van der Waals surface area contributed by atoms with E-state index in [0.717, 1.165) is 11.4 Å². The fourth-order valence-corrected chi connectivity index (χ4v) is 3.98. The molecule has 8 heteroatoms. The number of methoxy groups -OCH3 is 1. The average Bonchev–Trinajstić information content (AvgIpc) is 2.95. The van der Waals surface area contributed by atoms with Crippen molar-refractivity contribution in [2.45, 2.75) is 13.5 Å². The van der Waals surface area contributed by atoms with Gasteiger partial charge in [0.15, 0.2) is 6.20 Å². The number of fused-ring (bicyclic) bond motifs is 1. The molecule has 8 nitrogen and oxygen atoms in total. The Morgan fingerprint density at radius 2 is 1.71 bits per heavy atom. The number of aliphatic hydroxyl groups excluding tert-OH is 1. The van der Waals surface area contributed by atoms with Crippen molar-refractivity contribution >= 4 is 28.3 Å². The molecule has 0 unspecified atom stereocenters. The molecule has 0 bridgehead atoms. The first-order valence-electron chi connectivity index (χ1n) is 12.0. The van der Waals surface area contributed by atoms with Gasteiger partial charge < -0.3 is 24.3 Å². The predicted molar refractivity (Wildman–Crippen MR) is 143 cm³/mol. The van der Waals surface area contributed by atoms with Crippen molar-refractivity contribution in [3.8, 4) is 17.2 Å². The number of carbonyl (C=O) groups is 1. The lowest BCUT2D eigenvalue weighted by Crippen LogP contribution is -2.23. The van der Waals surface area contributed by atoms with Gasteiger partial charge in [-0.1, -0.05) is 30.3 Å².